The van der Waals surface area contributed by atoms with E-state index in [0.717, 1.165) is 6.08 Å². The molecule has 0 radical (unpaired) electrons. The monoisotopic (exact) mass is 263 g/mol. The Labute approximate surface area is 122 Å². The molecule has 0 aliphatic heterocycles. The molecule has 0 aliphatic rings. The van der Waals surface area contributed by atoms with Gasteiger partial charge in [-0.25, -0.2) is 13.6 Å². The first kappa shape index (κ1) is 16.3. The molecule has 17 heavy (non-hydrogen) atoms. The molecule has 0 atom stereocenters. The van der Waals surface area contributed by atoms with Crippen LogP contribution in [0.5, 0.6) is 0 Å². The van der Waals surface area contributed by atoms with Gasteiger partial charge in [-0.15, -0.1) is 0 Å². The summed E-state index contributed by atoms with van der Waals surface area (Å²) in [5.41, 5.74) is 1.07. The van der Waals surface area contributed by atoms with Crippen molar-refractivity contribution in [2.75, 3.05) is 0 Å². The van der Waals surface area contributed by atoms with Crippen molar-refractivity contribution in [2.45, 2.75) is 11.8 Å². The Hall–Kier alpha value is -0.660. The van der Waals surface area contributed by atoms with E-state index < -0.39 is 16.0 Å². The number of allylic oxidation sites excluding steroid dienone is 1. The first-order chi connectivity index (χ1) is 7.30. The number of nitrogens with two attached hydrogens (primary N) is 1. The molecule has 0 unspecified atom stereocenters. The van der Waals surface area contributed by atoms with Gasteiger partial charge < -0.3 is 9.90 Å². The summed E-state index contributed by atoms with van der Waals surface area (Å²) in [5.74, 6) is -1.30. The minimum Gasteiger partial charge on any atom is -0.545 e. The van der Waals surface area contributed by atoms with Crippen LogP contribution in [0, 0.1) is 0 Å². The number of carbonyl (C=O) groups excluding carboxylic acids is 1. The van der Waals surface area contributed by atoms with Crippen molar-refractivity contribution in [3.8, 4) is 0 Å². The Morgan fingerprint density at radius 2 is 1.76 bits per heavy atom. The average molecular weight is 263 g/mol. The standard InChI is InChI=1S/C10H11NO4S.Na/c1-7(6-10(12)13)8-2-4-9(5-3-8)16(11,14)15;/h2-6H,1H3,(H,12,13)(H2,11,14,15);/q;+1/p-1. The zero-order valence-electron chi connectivity index (χ0n) is 9.51. The molecule has 0 bridgehead atoms. The maximum atomic E-state index is 11.0. The molecule has 0 spiro atoms. The van der Waals surface area contributed by atoms with Crippen molar-refractivity contribution in [1.82, 2.24) is 0 Å². The number of carboxylic acids is 1. The SMILES string of the molecule is CC(=CC(=O)[O-])c1ccc(S(N)(=O)=O)cc1.[Na+]. The van der Waals surface area contributed by atoms with Gasteiger partial charge in [-0.05, 0) is 36.3 Å². The van der Waals surface area contributed by atoms with Crippen LogP contribution in [0.25, 0.3) is 5.57 Å². The van der Waals surface area contributed by atoms with Crippen LogP contribution in [0.2, 0.25) is 0 Å². The number of hydrogen-bond acceptors (Lipinski definition) is 4. The van der Waals surface area contributed by atoms with Crippen molar-refractivity contribution in [3.05, 3.63) is 35.9 Å². The first-order valence-corrected chi connectivity index (χ1v) is 5.88. The minimum atomic E-state index is -3.72. The number of hydrogen-bond donors (Lipinski definition) is 1. The van der Waals surface area contributed by atoms with Gasteiger partial charge in [0.05, 0.1) is 10.9 Å². The summed E-state index contributed by atoms with van der Waals surface area (Å²) in [6.45, 7) is 1.59. The Balaban J connectivity index is 0.00000256. The first-order valence-electron chi connectivity index (χ1n) is 4.33. The fraction of sp³-hybridized carbons (Fsp3) is 0.100. The summed E-state index contributed by atoms with van der Waals surface area (Å²) in [6, 6.07) is 5.59. The maximum Gasteiger partial charge on any atom is 1.00 e. The largest absolute Gasteiger partial charge is 1.00 e. The Morgan fingerprint density at radius 1 is 1.29 bits per heavy atom. The van der Waals surface area contributed by atoms with Gasteiger partial charge in [0, 0.05) is 0 Å². The van der Waals surface area contributed by atoms with Crippen LogP contribution >= 0.6 is 0 Å². The van der Waals surface area contributed by atoms with E-state index >= 15 is 0 Å². The van der Waals surface area contributed by atoms with Gasteiger partial charge in [-0.1, -0.05) is 12.1 Å². The Morgan fingerprint density at radius 3 is 2.12 bits per heavy atom. The number of carbonyl (C=O) groups is 1. The van der Waals surface area contributed by atoms with Gasteiger partial charge in [0.2, 0.25) is 10.0 Å². The van der Waals surface area contributed by atoms with Gasteiger partial charge >= 0.3 is 29.6 Å². The molecule has 0 saturated heterocycles. The van der Waals surface area contributed by atoms with Crippen molar-refractivity contribution in [1.29, 1.82) is 0 Å². The zero-order chi connectivity index (χ0) is 12.3. The molecule has 86 valence electrons. The number of sulfonamides is 1. The third-order valence-corrected chi connectivity index (χ3v) is 2.90. The van der Waals surface area contributed by atoms with E-state index in [0.29, 0.717) is 11.1 Å². The predicted octanol–water partition coefficient (Wildman–Crippen LogP) is -3.51. The molecule has 0 amide bonds. The molecule has 1 rings (SSSR count). The van der Waals surface area contributed by atoms with Gasteiger partial charge in [0.15, 0.2) is 0 Å². The second kappa shape index (κ2) is 6.32. The van der Waals surface area contributed by atoms with E-state index in [1.807, 2.05) is 0 Å². The van der Waals surface area contributed by atoms with Gasteiger partial charge in [0.1, 0.15) is 0 Å². The molecule has 1 aromatic carbocycles. The summed E-state index contributed by atoms with van der Waals surface area (Å²) in [6.07, 6.45) is 0.936. The van der Waals surface area contributed by atoms with Crippen molar-refractivity contribution in [2.24, 2.45) is 5.14 Å². The average Bonchev–Trinajstić information content (AvgIpc) is 2.15. The topological polar surface area (TPSA) is 100 Å². The fourth-order valence-corrected chi connectivity index (χ4v) is 1.68. The number of benzene rings is 1. The third-order valence-electron chi connectivity index (χ3n) is 1.97. The number of carboxylic acid groups (broad SMARTS) is 1. The molecule has 0 aromatic heterocycles. The van der Waals surface area contributed by atoms with E-state index in [1.54, 1.807) is 6.92 Å². The molecule has 2 N–H and O–H groups in total. The summed E-state index contributed by atoms with van der Waals surface area (Å²) in [7, 11) is -3.72. The summed E-state index contributed by atoms with van der Waals surface area (Å²) in [5, 5.41) is 15.2. The molecular weight excluding hydrogens is 253 g/mol. The third kappa shape index (κ3) is 5.01. The predicted molar refractivity (Wildman–Crippen MR) is 56.5 cm³/mol. The van der Waals surface area contributed by atoms with Crippen molar-refractivity contribution >= 4 is 21.6 Å². The Kier molecular flexibility index (Phi) is 6.08. The quantitative estimate of drug-likeness (QED) is 0.451. The second-order valence-electron chi connectivity index (χ2n) is 3.22. The summed E-state index contributed by atoms with van der Waals surface area (Å²) in [4.78, 5) is 10.3. The normalized spacial score (nSPS) is 11.8. The van der Waals surface area contributed by atoms with Crippen LogP contribution in [0.1, 0.15) is 12.5 Å². The summed E-state index contributed by atoms with van der Waals surface area (Å²) >= 11 is 0. The van der Waals surface area contributed by atoms with Crippen molar-refractivity contribution < 1.29 is 47.9 Å². The zero-order valence-corrected chi connectivity index (χ0v) is 12.3. The summed E-state index contributed by atoms with van der Waals surface area (Å²) < 4.78 is 21.9. The fourth-order valence-electron chi connectivity index (χ4n) is 1.17. The smallest absolute Gasteiger partial charge is 0.545 e. The number of rotatable bonds is 3. The van der Waals surface area contributed by atoms with Crippen LogP contribution in [0.3, 0.4) is 0 Å². The molecule has 0 aliphatic carbocycles. The molecule has 0 fully saturated rings. The van der Waals surface area contributed by atoms with E-state index in [9.17, 15) is 18.3 Å². The molecule has 7 heteroatoms. The van der Waals surface area contributed by atoms with E-state index in [4.69, 9.17) is 5.14 Å². The van der Waals surface area contributed by atoms with Crippen LogP contribution < -0.4 is 39.8 Å². The second-order valence-corrected chi connectivity index (χ2v) is 4.78. The van der Waals surface area contributed by atoms with E-state index in [-0.39, 0.29) is 34.5 Å². The van der Waals surface area contributed by atoms with E-state index in [2.05, 4.69) is 0 Å². The van der Waals surface area contributed by atoms with Gasteiger partial charge in [-0.2, -0.15) is 0 Å². The Bertz CT molecular complexity index is 534. The minimum absolute atomic E-state index is 0. The van der Waals surface area contributed by atoms with Gasteiger partial charge in [-0.3, -0.25) is 0 Å². The molecule has 0 heterocycles. The van der Waals surface area contributed by atoms with Crippen LogP contribution in [0.15, 0.2) is 35.2 Å². The van der Waals surface area contributed by atoms with Gasteiger partial charge in [0.25, 0.3) is 0 Å². The number of aliphatic carboxylic acids is 1. The van der Waals surface area contributed by atoms with Crippen LogP contribution in [-0.2, 0) is 14.8 Å². The van der Waals surface area contributed by atoms with Crippen molar-refractivity contribution in [3.63, 3.8) is 0 Å². The van der Waals surface area contributed by atoms with Crippen LogP contribution in [0.4, 0.5) is 0 Å². The molecule has 1 aromatic rings. The van der Waals surface area contributed by atoms with Crippen LogP contribution in [-0.4, -0.2) is 14.4 Å². The maximum absolute atomic E-state index is 11.0. The molecule has 0 saturated carbocycles. The molecular formula is C10H10NNaO4S. The number of primary sulfonamides is 1. The van der Waals surface area contributed by atoms with E-state index in [1.165, 1.54) is 24.3 Å². The molecule has 5 nitrogen and oxygen atoms in total.